The fourth-order valence-corrected chi connectivity index (χ4v) is 5.38. The number of unbranched alkanes of at least 4 members (excludes halogenated alkanes) is 1. The summed E-state index contributed by atoms with van der Waals surface area (Å²) in [6.45, 7) is 7.00. The largest absolute Gasteiger partial charge is 0.494 e. The number of carbonyl (C=O) groups excluding carboxylic acids is 1. The minimum Gasteiger partial charge on any atom is -0.494 e. The summed E-state index contributed by atoms with van der Waals surface area (Å²) in [5.74, 6) is 1.56. The van der Waals surface area contributed by atoms with Crippen LogP contribution in [0.25, 0.3) is 16.0 Å². The summed E-state index contributed by atoms with van der Waals surface area (Å²) in [5.41, 5.74) is 2.08. The van der Waals surface area contributed by atoms with Crippen molar-refractivity contribution < 1.29 is 23.7 Å². The maximum Gasteiger partial charge on any atom is 0.338 e. The lowest BCUT2D eigenvalue weighted by molar-refractivity contribution is -0.136. The standard InChI is InChI=1S/C25H26O5S3/c1-4-28-25(26)17(2)19-9-12-21(22(15-19)27-3)30-14-6-5-13-29-20-10-7-18(8-11-20)23-16-24(31)33-32-23/h7-12,15-16H,2,4-6,13-14H2,1,3H3. The quantitative estimate of drug-likeness (QED) is 0.0871. The topological polar surface area (TPSA) is 54.0 Å². The zero-order valence-corrected chi connectivity index (χ0v) is 21.1. The number of carbonyl (C=O) groups is 1. The molecule has 1 aromatic heterocycles. The fraction of sp³-hybridized carbons (Fsp3) is 0.280. The first-order chi connectivity index (χ1) is 16.0. The van der Waals surface area contributed by atoms with Crippen LogP contribution in [0.2, 0.25) is 0 Å². The minimum atomic E-state index is -0.444. The lowest BCUT2D eigenvalue weighted by Gasteiger charge is -2.13. The van der Waals surface area contributed by atoms with Gasteiger partial charge < -0.3 is 18.9 Å². The molecule has 0 fully saturated rings. The lowest BCUT2D eigenvalue weighted by Crippen LogP contribution is -2.06. The molecule has 33 heavy (non-hydrogen) atoms. The van der Waals surface area contributed by atoms with Crippen molar-refractivity contribution in [3.8, 4) is 27.7 Å². The average Bonchev–Trinajstić information content (AvgIpc) is 3.27. The Morgan fingerprint density at radius 1 is 0.970 bits per heavy atom. The van der Waals surface area contributed by atoms with E-state index in [1.807, 2.05) is 18.2 Å². The van der Waals surface area contributed by atoms with Crippen LogP contribution in [0.5, 0.6) is 17.2 Å². The van der Waals surface area contributed by atoms with Gasteiger partial charge in [-0.3, -0.25) is 0 Å². The number of ether oxygens (including phenoxy) is 4. The molecule has 0 bridgehead atoms. The SMILES string of the molecule is C=C(C(=O)OCC)c1ccc(OCCCCOc2ccc(-c3cc(=S)ss3)cc2)c(OC)c1. The third kappa shape index (κ3) is 7.15. The van der Waals surface area contributed by atoms with Gasteiger partial charge in [-0.25, -0.2) is 4.79 Å². The van der Waals surface area contributed by atoms with Crippen LogP contribution in [0.1, 0.15) is 25.3 Å². The van der Waals surface area contributed by atoms with E-state index in [0.717, 1.165) is 28.0 Å². The number of hydrogen-bond acceptors (Lipinski definition) is 8. The highest BCUT2D eigenvalue weighted by Crippen LogP contribution is 2.32. The van der Waals surface area contributed by atoms with Crippen LogP contribution >= 0.6 is 32.9 Å². The third-order valence-electron chi connectivity index (χ3n) is 4.70. The molecule has 0 aliphatic heterocycles. The van der Waals surface area contributed by atoms with Gasteiger partial charge in [0.25, 0.3) is 0 Å². The first-order valence-electron chi connectivity index (χ1n) is 10.5. The van der Waals surface area contributed by atoms with Gasteiger partial charge in [-0.2, -0.15) is 0 Å². The van der Waals surface area contributed by atoms with Gasteiger partial charge in [0, 0.05) is 4.88 Å². The molecule has 0 atom stereocenters. The van der Waals surface area contributed by atoms with E-state index >= 15 is 0 Å². The Balaban J connectivity index is 1.42. The lowest BCUT2D eigenvalue weighted by atomic mass is 10.1. The molecule has 0 spiro atoms. The van der Waals surface area contributed by atoms with E-state index < -0.39 is 5.97 Å². The zero-order valence-electron chi connectivity index (χ0n) is 18.6. The number of benzene rings is 2. The highest BCUT2D eigenvalue weighted by atomic mass is 32.9. The number of esters is 1. The molecule has 0 radical (unpaired) electrons. The summed E-state index contributed by atoms with van der Waals surface area (Å²) in [7, 11) is 4.87. The summed E-state index contributed by atoms with van der Waals surface area (Å²) in [6.07, 6.45) is 1.68. The van der Waals surface area contributed by atoms with Gasteiger partial charge in [0.1, 0.15) is 9.57 Å². The second kappa shape index (κ2) is 12.5. The van der Waals surface area contributed by atoms with Gasteiger partial charge in [0.2, 0.25) is 0 Å². The van der Waals surface area contributed by atoms with Crippen molar-refractivity contribution in [1.29, 1.82) is 0 Å². The molecule has 5 nitrogen and oxygen atoms in total. The van der Waals surface area contributed by atoms with E-state index in [2.05, 4.69) is 18.7 Å². The molecule has 174 valence electrons. The molecule has 2 aromatic carbocycles. The van der Waals surface area contributed by atoms with Gasteiger partial charge >= 0.3 is 5.97 Å². The van der Waals surface area contributed by atoms with Crippen molar-refractivity contribution in [2.24, 2.45) is 0 Å². The summed E-state index contributed by atoms with van der Waals surface area (Å²) >= 11 is 5.20. The van der Waals surface area contributed by atoms with Crippen molar-refractivity contribution in [1.82, 2.24) is 0 Å². The maximum atomic E-state index is 11.9. The molecule has 3 rings (SSSR count). The normalized spacial score (nSPS) is 10.5. The Hall–Kier alpha value is -2.68. The number of rotatable bonds is 12. The predicted molar refractivity (Wildman–Crippen MR) is 137 cm³/mol. The third-order valence-corrected chi connectivity index (χ3v) is 7.61. The molecule has 1 heterocycles. The zero-order chi connectivity index (χ0) is 23.6. The number of hydrogen-bond donors (Lipinski definition) is 0. The molecule has 0 saturated heterocycles. The first-order valence-corrected chi connectivity index (χ1v) is 13.1. The molecular formula is C25H26O5S3. The second-order valence-electron chi connectivity index (χ2n) is 6.99. The fourth-order valence-electron chi connectivity index (χ4n) is 2.97. The molecule has 0 N–H and O–H groups in total. The van der Waals surface area contributed by atoms with Crippen LogP contribution in [0.15, 0.2) is 55.1 Å². The van der Waals surface area contributed by atoms with Gasteiger partial charge in [-0.15, -0.1) is 0 Å². The van der Waals surface area contributed by atoms with Crippen LogP contribution in [0, 0.1) is 3.82 Å². The van der Waals surface area contributed by atoms with Crippen LogP contribution in [-0.4, -0.2) is 32.9 Å². The van der Waals surface area contributed by atoms with E-state index in [-0.39, 0.29) is 5.57 Å². The molecule has 8 heteroatoms. The Labute approximate surface area is 206 Å². The molecule has 3 aromatic rings. The Kier molecular flexibility index (Phi) is 9.47. The molecule has 0 saturated carbocycles. The van der Waals surface area contributed by atoms with Gasteiger partial charge in [-0.05, 0) is 73.4 Å². The smallest absolute Gasteiger partial charge is 0.338 e. The Morgan fingerprint density at radius 2 is 1.70 bits per heavy atom. The maximum absolute atomic E-state index is 11.9. The van der Waals surface area contributed by atoms with E-state index in [1.54, 1.807) is 52.9 Å². The van der Waals surface area contributed by atoms with Gasteiger partial charge in [-0.1, -0.05) is 45.5 Å². The first kappa shape index (κ1) is 25.0. The predicted octanol–water partition coefficient (Wildman–Crippen LogP) is 7.03. The molecule has 0 amide bonds. The number of methoxy groups -OCH3 is 1. The Morgan fingerprint density at radius 3 is 2.33 bits per heavy atom. The molecule has 0 aliphatic carbocycles. The van der Waals surface area contributed by atoms with Crippen molar-refractivity contribution in [2.75, 3.05) is 26.9 Å². The summed E-state index contributed by atoms with van der Waals surface area (Å²) in [4.78, 5) is 13.1. The van der Waals surface area contributed by atoms with Crippen molar-refractivity contribution in [2.45, 2.75) is 19.8 Å². The van der Waals surface area contributed by atoms with E-state index in [4.69, 9.17) is 31.2 Å². The van der Waals surface area contributed by atoms with E-state index in [0.29, 0.717) is 36.9 Å². The van der Waals surface area contributed by atoms with Gasteiger partial charge in [0.05, 0.1) is 32.5 Å². The molecule has 0 unspecified atom stereocenters. The van der Waals surface area contributed by atoms with Crippen LogP contribution in [0.4, 0.5) is 0 Å². The van der Waals surface area contributed by atoms with E-state index in [9.17, 15) is 4.79 Å². The van der Waals surface area contributed by atoms with Crippen molar-refractivity contribution in [3.05, 3.63) is 64.5 Å². The Bertz CT molecular complexity index is 1130. The average molecular weight is 503 g/mol. The summed E-state index contributed by atoms with van der Waals surface area (Å²) in [6, 6.07) is 15.4. The van der Waals surface area contributed by atoms with Crippen molar-refractivity contribution >= 4 is 44.4 Å². The monoisotopic (exact) mass is 502 g/mol. The highest BCUT2D eigenvalue weighted by Gasteiger charge is 2.14. The highest BCUT2D eigenvalue weighted by molar-refractivity contribution is 7.80. The van der Waals surface area contributed by atoms with Gasteiger partial charge in [0.15, 0.2) is 11.5 Å². The van der Waals surface area contributed by atoms with Crippen LogP contribution in [-0.2, 0) is 9.53 Å². The van der Waals surface area contributed by atoms with E-state index in [1.165, 1.54) is 4.88 Å². The molecular weight excluding hydrogens is 476 g/mol. The second-order valence-corrected chi connectivity index (χ2v) is 9.90. The van der Waals surface area contributed by atoms with Crippen molar-refractivity contribution in [3.63, 3.8) is 0 Å². The van der Waals surface area contributed by atoms with Crippen LogP contribution < -0.4 is 14.2 Å². The molecule has 0 aliphatic rings. The van der Waals surface area contributed by atoms with Crippen LogP contribution in [0.3, 0.4) is 0 Å². The summed E-state index contributed by atoms with van der Waals surface area (Å²) in [5, 5.41) is 0. The summed E-state index contributed by atoms with van der Waals surface area (Å²) < 4.78 is 23.0. The minimum absolute atomic E-state index is 0.285.